The van der Waals surface area contributed by atoms with Crippen LogP contribution < -0.4 is 56.5 Å². The van der Waals surface area contributed by atoms with E-state index in [1.165, 1.54) is 0 Å². The predicted molar refractivity (Wildman–Crippen MR) is 268 cm³/mol. The third kappa shape index (κ3) is 9.34. The van der Waals surface area contributed by atoms with E-state index >= 15 is 0 Å². The third-order valence-corrected chi connectivity index (χ3v) is 12.2. The fraction of sp³-hybridized carbons (Fsp3) is 0. The molecule has 0 radical (unpaired) electrons. The van der Waals surface area contributed by atoms with Crippen molar-refractivity contribution < 1.29 is 129 Å². The molecule has 68 heavy (non-hydrogen) atoms. The molecule has 0 atom stereocenters. The van der Waals surface area contributed by atoms with E-state index in [2.05, 4.69) is 0 Å². The fourth-order valence-electron chi connectivity index (χ4n) is 9.12. The Balaban J connectivity index is 0.000000136. The molecule has 0 bridgehead atoms. The van der Waals surface area contributed by atoms with Gasteiger partial charge in [-0.3, -0.25) is 0 Å². The molecule has 0 heterocycles. The molecule has 332 valence electrons. The average molecular weight is 1070 g/mol. The minimum atomic E-state index is -0.0784. The molecule has 0 aliphatic heterocycles. The maximum atomic E-state index is 12.5. The van der Waals surface area contributed by atoms with Crippen molar-refractivity contribution in [1.29, 1.82) is 0 Å². The van der Waals surface area contributed by atoms with Gasteiger partial charge in [-0.15, -0.1) is 5.75 Å². The van der Waals surface area contributed by atoms with E-state index in [-0.39, 0.29) is 133 Å². The van der Waals surface area contributed by atoms with E-state index in [4.69, 9.17) is 0 Å². The first-order chi connectivity index (χ1) is 32.3. The van der Waals surface area contributed by atoms with Gasteiger partial charge in [-0.1, -0.05) is 188 Å². The van der Waals surface area contributed by atoms with Crippen molar-refractivity contribution >= 4 is 64.6 Å². The maximum absolute atomic E-state index is 12.5. The summed E-state index contributed by atoms with van der Waals surface area (Å²) in [6, 6.07) is 68.2. The van der Waals surface area contributed by atoms with Gasteiger partial charge in [-0.25, -0.2) is 0 Å². The van der Waals surface area contributed by atoms with Gasteiger partial charge >= 0.3 is 51.4 Å². The van der Waals surface area contributed by atoms with Crippen LogP contribution in [-0.4, -0.2) is 25.5 Å². The zero-order chi connectivity index (χ0) is 45.3. The van der Waals surface area contributed by atoms with Crippen molar-refractivity contribution in [3.8, 4) is 67.9 Å². The van der Waals surface area contributed by atoms with Gasteiger partial charge in [-0.2, -0.15) is 0 Å². The second-order valence-electron chi connectivity index (χ2n) is 16.1. The number of rotatable bonds is 3. The zero-order valence-electron chi connectivity index (χ0n) is 36.7. The molecule has 12 aromatic carbocycles. The van der Waals surface area contributed by atoms with Crippen LogP contribution in [-0.2, 0) is 0 Å². The average Bonchev–Trinajstić information content (AvgIpc) is 3.35. The standard InChI is InChI=1S/3C20H14O2.K.Yb/c3*21-17-11-9-13-5-1-3-7-15(13)19(17)20-16-8-4-2-6-14(16)10-12-18(20)22;;/h3*1-12,21-22H;;/q;;;+1;/p-1. The van der Waals surface area contributed by atoms with Gasteiger partial charge in [0.1, 0.15) is 28.7 Å². The SMILES string of the molecule is Oc1ccc2ccccc2c1-c1c(O)ccc2ccccc12.Oc1ccc2ccccc2c1-c1c(O)ccc2ccccc12.[K+].[O-]c1ccc2ccccc2c1-c1c(O)ccc2ccccc12.[Yb]. The molecule has 0 unspecified atom stereocenters. The molecule has 0 aromatic heterocycles. The van der Waals surface area contributed by atoms with Crippen molar-refractivity contribution in [1.82, 2.24) is 0 Å². The van der Waals surface area contributed by atoms with Gasteiger partial charge < -0.3 is 30.6 Å². The summed E-state index contributed by atoms with van der Waals surface area (Å²) in [5.41, 5.74) is 3.87. The number of aromatic hydroxyl groups is 5. The number of hydrogen-bond acceptors (Lipinski definition) is 6. The van der Waals surface area contributed by atoms with Crippen LogP contribution in [0, 0.1) is 46.9 Å². The van der Waals surface area contributed by atoms with Gasteiger partial charge in [0.05, 0.1) is 0 Å². The molecule has 12 rings (SSSR count). The first-order valence-corrected chi connectivity index (χ1v) is 21.5. The van der Waals surface area contributed by atoms with Crippen molar-refractivity contribution in [2.45, 2.75) is 0 Å². The second-order valence-corrected chi connectivity index (χ2v) is 16.1. The summed E-state index contributed by atoms with van der Waals surface area (Å²) in [6.45, 7) is 0. The Bertz CT molecular complexity index is 3170. The van der Waals surface area contributed by atoms with E-state index in [0.29, 0.717) is 33.4 Å². The summed E-state index contributed by atoms with van der Waals surface area (Å²) < 4.78 is 0. The maximum Gasteiger partial charge on any atom is 1.00 e. The molecule has 0 aliphatic rings. The summed E-state index contributed by atoms with van der Waals surface area (Å²) >= 11 is 0. The molecule has 0 saturated heterocycles. The normalized spacial score (nSPS) is 10.8. The van der Waals surface area contributed by atoms with Crippen LogP contribution in [0.5, 0.6) is 34.5 Å². The zero-order valence-corrected chi connectivity index (χ0v) is 41.5. The Morgan fingerprint density at radius 2 is 0.397 bits per heavy atom. The quantitative estimate of drug-likeness (QED) is 0.112. The number of phenols is 5. The summed E-state index contributed by atoms with van der Waals surface area (Å²) in [4.78, 5) is 0. The Morgan fingerprint density at radius 3 is 0.632 bits per heavy atom. The molecule has 0 fully saturated rings. The number of benzene rings is 12. The molecule has 0 spiro atoms. The molecular formula is C60H41KO6Yb. The predicted octanol–water partition coefficient (Wildman–Crippen LogP) is 11.6. The fourth-order valence-corrected chi connectivity index (χ4v) is 9.12. The van der Waals surface area contributed by atoms with Crippen molar-refractivity contribution in [3.05, 3.63) is 218 Å². The molecule has 6 nitrogen and oxygen atoms in total. The number of phenolic OH excluding ortho intramolecular Hbond substituents is 5. The third-order valence-electron chi connectivity index (χ3n) is 12.2. The van der Waals surface area contributed by atoms with Crippen LogP contribution >= 0.6 is 0 Å². The van der Waals surface area contributed by atoms with Crippen LogP contribution in [0.1, 0.15) is 0 Å². The Labute approximate surface area is 473 Å². The van der Waals surface area contributed by atoms with Gasteiger partial charge in [-0.05, 0) is 101 Å². The molecular weight excluding hydrogens is 1030 g/mol. The largest absolute Gasteiger partial charge is 1.00 e. The summed E-state index contributed by atoms with van der Waals surface area (Å²) in [7, 11) is 0. The van der Waals surface area contributed by atoms with E-state index in [1.54, 1.807) is 36.4 Å². The number of fused-ring (bicyclic) bond motifs is 6. The van der Waals surface area contributed by atoms with Gasteiger partial charge in [0.25, 0.3) is 0 Å². The Hall–Kier alpha value is -5.84. The second kappa shape index (κ2) is 21.2. The first-order valence-electron chi connectivity index (χ1n) is 21.5. The molecule has 0 aliphatic carbocycles. The van der Waals surface area contributed by atoms with Crippen LogP contribution in [0.2, 0.25) is 0 Å². The summed E-state index contributed by atoms with van der Waals surface area (Å²) in [5, 5.41) is 76.2. The molecule has 0 saturated carbocycles. The van der Waals surface area contributed by atoms with E-state index in [9.17, 15) is 30.6 Å². The molecule has 12 aromatic rings. The summed E-state index contributed by atoms with van der Waals surface area (Å²) in [5.74, 6) is 0.740. The summed E-state index contributed by atoms with van der Waals surface area (Å²) in [6.07, 6.45) is 0. The van der Waals surface area contributed by atoms with Crippen LogP contribution in [0.25, 0.3) is 98.0 Å². The van der Waals surface area contributed by atoms with Gasteiger partial charge in [0.2, 0.25) is 0 Å². The molecule has 0 amide bonds. The van der Waals surface area contributed by atoms with Crippen molar-refractivity contribution in [2.75, 3.05) is 0 Å². The van der Waals surface area contributed by atoms with Gasteiger partial charge in [0, 0.05) is 74.7 Å². The Morgan fingerprint density at radius 1 is 0.221 bits per heavy atom. The topological polar surface area (TPSA) is 124 Å². The minimum Gasteiger partial charge on any atom is -0.872 e. The van der Waals surface area contributed by atoms with Crippen LogP contribution in [0.15, 0.2) is 218 Å². The number of hydrogen-bond donors (Lipinski definition) is 5. The van der Waals surface area contributed by atoms with E-state index in [1.807, 2.05) is 182 Å². The van der Waals surface area contributed by atoms with Gasteiger partial charge in [0.15, 0.2) is 0 Å². The smallest absolute Gasteiger partial charge is 0.872 e. The molecule has 8 heteroatoms. The molecule has 5 N–H and O–H groups in total. The van der Waals surface area contributed by atoms with Crippen molar-refractivity contribution in [2.24, 2.45) is 0 Å². The van der Waals surface area contributed by atoms with E-state index < -0.39 is 0 Å². The first kappa shape index (κ1) is 48.6. The Kier molecular flexibility index (Phi) is 15.2. The monoisotopic (exact) mass is 1070 g/mol. The minimum absolute atomic E-state index is 0. The van der Waals surface area contributed by atoms with Crippen LogP contribution in [0.3, 0.4) is 0 Å². The van der Waals surface area contributed by atoms with E-state index in [0.717, 1.165) is 64.6 Å². The van der Waals surface area contributed by atoms with Crippen LogP contribution in [0.4, 0.5) is 0 Å². The van der Waals surface area contributed by atoms with Crippen molar-refractivity contribution in [3.63, 3.8) is 0 Å².